The number of carbonyl (C=O) groups is 3. The van der Waals surface area contributed by atoms with Gasteiger partial charge in [0.1, 0.15) is 12.2 Å². The molecule has 0 aliphatic carbocycles. The van der Waals surface area contributed by atoms with E-state index >= 15 is 0 Å². The maximum absolute atomic E-state index is 13.8. The molecule has 3 heterocycles. The molecular weight excluding hydrogens is 747 g/mol. The number of fused-ring (bicyclic) bond motifs is 2. The van der Waals surface area contributed by atoms with Crippen LogP contribution in [-0.2, 0) is 31.4 Å². The highest BCUT2D eigenvalue weighted by molar-refractivity contribution is 6.13. The third kappa shape index (κ3) is 8.85. The first-order valence-corrected chi connectivity index (χ1v) is 18.9. The van der Waals surface area contributed by atoms with Gasteiger partial charge in [-0.05, 0) is 96.9 Å². The number of imidazole rings is 1. The molecule has 2 amide bonds. The predicted molar refractivity (Wildman–Crippen MR) is 225 cm³/mol. The second-order valence-corrected chi connectivity index (χ2v) is 14.2. The number of carbonyl (C=O) groups excluding carboxylic acids is 3. The van der Waals surface area contributed by atoms with E-state index in [1.807, 2.05) is 77.2 Å². The molecule has 0 saturated heterocycles. The molecule has 0 aliphatic heterocycles. The Hall–Kier alpha value is -7.64. The summed E-state index contributed by atoms with van der Waals surface area (Å²) in [7, 11) is 4.02. The molecule has 5 aromatic carbocycles. The summed E-state index contributed by atoms with van der Waals surface area (Å²) >= 11 is 0. The van der Waals surface area contributed by atoms with Crippen molar-refractivity contribution in [3.8, 4) is 5.69 Å². The summed E-state index contributed by atoms with van der Waals surface area (Å²) in [6.45, 7) is 1.61. The lowest BCUT2D eigenvalue weighted by Gasteiger charge is -2.17. The van der Waals surface area contributed by atoms with Crippen LogP contribution in [0.3, 0.4) is 0 Å². The molecule has 2 N–H and O–H groups in total. The zero-order valence-corrected chi connectivity index (χ0v) is 32.3. The standard InChI is InChI=1S/C46H39N7O6/c1-51(27-32-11-18-40-34(23-32)26-48-52(40)2)21-19-30-7-13-35(14-8-30)49-44(55)37-17-12-33(46(57)58-28-31-9-15-36(16-10-31)53-22-20-47-29-53)24-39(37)50-45(56)43-25-41(54)38-5-3-4-6-42(38)59-43/h3-18,20,22-26,29H,19,21,27-28H2,1-2H3,(H,49,55)(H,50,56). The Morgan fingerprint density at radius 2 is 1.61 bits per heavy atom. The quantitative estimate of drug-likeness (QED) is 0.114. The fraction of sp³-hybridized carbons (Fsp3) is 0.130. The Kier molecular flexibility index (Phi) is 10.9. The van der Waals surface area contributed by atoms with E-state index in [1.165, 1.54) is 23.8 Å². The van der Waals surface area contributed by atoms with Crippen molar-refractivity contribution in [3.05, 3.63) is 184 Å². The molecule has 294 valence electrons. The predicted octanol–water partition coefficient (Wildman–Crippen LogP) is 7.40. The normalized spacial score (nSPS) is 11.2. The molecular formula is C46H39N7O6. The molecule has 0 radical (unpaired) electrons. The Balaban J connectivity index is 0.953. The van der Waals surface area contributed by atoms with Crippen molar-refractivity contribution in [2.45, 2.75) is 19.6 Å². The summed E-state index contributed by atoms with van der Waals surface area (Å²) in [4.78, 5) is 59.7. The zero-order valence-electron chi connectivity index (χ0n) is 32.3. The van der Waals surface area contributed by atoms with Gasteiger partial charge in [-0.3, -0.25) is 19.1 Å². The average molecular weight is 786 g/mol. The number of amides is 2. The van der Waals surface area contributed by atoms with Crippen LogP contribution in [0.1, 0.15) is 48.0 Å². The highest BCUT2D eigenvalue weighted by atomic mass is 16.5. The Labute approximate surface area is 338 Å². The van der Waals surface area contributed by atoms with Gasteiger partial charge in [-0.2, -0.15) is 5.10 Å². The van der Waals surface area contributed by atoms with E-state index < -0.39 is 23.2 Å². The molecule has 3 aromatic heterocycles. The maximum Gasteiger partial charge on any atom is 0.338 e. The molecule has 0 fully saturated rings. The van der Waals surface area contributed by atoms with Crippen LogP contribution in [0, 0.1) is 0 Å². The van der Waals surface area contributed by atoms with Gasteiger partial charge in [0.15, 0.2) is 11.2 Å². The summed E-state index contributed by atoms with van der Waals surface area (Å²) in [6.07, 6.45) is 7.88. The second kappa shape index (κ2) is 16.8. The number of hydrogen-bond acceptors (Lipinski definition) is 9. The number of aryl methyl sites for hydroxylation is 1. The minimum Gasteiger partial charge on any atom is -0.457 e. The number of ether oxygens (including phenoxy) is 1. The lowest BCUT2D eigenvalue weighted by molar-refractivity contribution is 0.0472. The van der Waals surface area contributed by atoms with Crippen molar-refractivity contribution >= 4 is 51.0 Å². The number of nitrogens with zero attached hydrogens (tertiary/aromatic N) is 5. The number of nitrogens with one attached hydrogen (secondary N) is 2. The number of rotatable bonds is 13. The van der Waals surface area contributed by atoms with Crippen LogP contribution in [0.25, 0.3) is 27.6 Å². The molecule has 0 atom stereocenters. The second-order valence-electron chi connectivity index (χ2n) is 14.2. The Morgan fingerprint density at radius 3 is 2.41 bits per heavy atom. The van der Waals surface area contributed by atoms with E-state index in [-0.39, 0.29) is 34.8 Å². The van der Waals surface area contributed by atoms with Crippen LogP contribution in [0.5, 0.6) is 0 Å². The van der Waals surface area contributed by atoms with E-state index in [4.69, 9.17) is 9.15 Å². The van der Waals surface area contributed by atoms with Crippen molar-refractivity contribution in [1.82, 2.24) is 24.2 Å². The minimum atomic E-state index is -0.780. The van der Waals surface area contributed by atoms with Crippen molar-refractivity contribution in [2.24, 2.45) is 7.05 Å². The molecule has 13 nitrogen and oxygen atoms in total. The van der Waals surface area contributed by atoms with Gasteiger partial charge in [-0.15, -0.1) is 0 Å². The molecule has 8 aromatic rings. The van der Waals surface area contributed by atoms with Crippen LogP contribution >= 0.6 is 0 Å². The number of anilines is 2. The number of likely N-dealkylation sites (N-methyl/N-ethyl adjacent to an activating group) is 1. The minimum absolute atomic E-state index is 0.0101. The fourth-order valence-corrected chi connectivity index (χ4v) is 6.76. The summed E-state index contributed by atoms with van der Waals surface area (Å²) in [6, 6.07) is 33.3. The van der Waals surface area contributed by atoms with Gasteiger partial charge < -0.3 is 29.3 Å². The topological polar surface area (TPSA) is 154 Å². The number of hydrogen-bond donors (Lipinski definition) is 2. The van der Waals surface area contributed by atoms with E-state index in [2.05, 4.69) is 50.9 Å². The van der Waals surface area contributed by atoms with E-state index in [1.54, 1.807) is 36.8 Å². The van der Waals surface area contributed by atoms with Crippen molar-refractivity contribution in [3.63, 3.8) is 0 Å². The van der Waals surface area contributed by atoms with E-state index in [9.17, 15) is 19.2 Å². The van der Waals surface area contributed by atoms with Gasteiger partial charge in [0.25, 0.3) is 11.8 Å². The molecule has 0 saturated carbocycles. The smallest absolute Gasteiger partial charge is 0.338 e. The Bertz CT molecular complexity index is 2860. The summed E-state index contributed by atoms with van der Waals surface area (Å²) in [5.74, 6) is -2.24. The van der Waals surface area contributed by atoms with Gasteiger partial charge >= 0.3 is 5.97 Å². The van der Waals surface area contributed by atoms with Crippen LogP contribution in [0.2, 0.25) is 0 Å². The SMILES string of the molecule is CN(CCc1ccc(NC(=O)c2ccc(C(=O)OCc3ccc(-n4ccnc4)cc3)cc2NC(=O)c2cc(=O)c3ccccc3o2)cc1)Cc1ccc2c(cnn2C)c1. The van der Waals surface area contributed by atoms with Crippen molar-refractivity contribution in [2.75, 3.05) is 24.2 Å². The monoisotopic (exact) mass is 785 g/mol. The lowest BCUT2D eigenvalue weighted by atomic mass is 10.1. The molecule has 0 aliphatic rings. The van der Waals surface area contributed by atoms with Crippen molar-refractivity contribution < 1.29 is 23.5 Å². The molecule has 59 heavy (non-hydrogen) atoms. The third-order valence-corrected chi connectivity index (χ3v) is 9.97. The van der Waals surface area contributed by atoms with Gasteiger partial charge in [0.05, 0.1) is 40.2 Å². The Morgan fingerprint density at radius 1 is 0.831 bits per heavy atom. The number of benzene rings is 5. The summed E-state index contributed by atoms with van der Waals surface area (Å²) in [5.41, 5.74) is 5.62. The number of esters is 1. The molecule has 13 heteroatoms. The first kappa shape index (κ1) is 38.2. The lowest BCUT2D eigenvalue weighted by Crippen LogP contribution is -2.21. The summed E-state index contributed by atoms with van der Waals surface area (Å²) < 4.78 is 15.1. The fourth-order valence-electron chi connectivity index (χ4n) is 6.76. The molecule has 0 spiro atoms. The van der Waals surface area contributed by atoms with Crippen LogP contribution in [0.4, 0.5) is 11.4 Å². The zero-order chi connectivity index (χ0) is 40.9. The molecule has 8 rings (SSSR count). The van der Waals surface area contributed by atoms with Gasteiger partial charge in [0.2, 0.25) is 0 Å². The van der Waals surface area contributed by atoms with Gasteiger partial charge in [0, 0.05) is 55.4 Å². The van der Waals surface area contributed by atoms with Crippen LogP contribution < -0.4 is 16.1 Å². The summed E-state index contributed by atoms with van der Waals surface area (Å²) in [5, 5.41) is 11.3. The van der Waals surface area contributed by atoms with E-state index in [0.717, 1.165) is 53.3 Å². The van der Waals surface area contributed by atoms with Crippen LogP contribution in [0.15, 0.2) is 149 Å². The van der Waals surface area contributed by atoms with Gasteiger partial charge in [-0.1, -0.05) is 42.5 Å². The molecule has 0 unspecified atom stereocenters. The first-order valence-electron chi connectivity index (χ1n) is 18.9. The molecule has 0 bridgehead atoms. The highest BCUT2D eigenvalue weighted by Gasteiger charge is 2.20. The number of para-hydroxylation sites is 1. The first-order chi connectivity index (χ1) is 28.7. The average Bonchev–Trinajstić information content (AvgIpc) is 3.93. The van der Waals surface area contributed by atoms with E-state index in [0.29, 0.717) is 11.1 Å². The highest BCUT2D eigenvalue weighted by Crippen LogP contribution is 2.24. The van der Waals surface area contributed by atoms with Gasteiger partial charge in [-0.25, -0.2) is 9.78 Å². The maximum atomic E-state index is 13.8. The third-order valence-electron chi connectivity index (χ3n) is 9.97. The number of aromatic nitrogens is 4. The van der Waals surface area contributed by atoms with Crippen molar-refractivity contribution in [1.29, 1.82) is 0 Å². The largest absolute Gasteiger partial charge is 0.457 e. The van der Waals surface area contributed by atoms with Crippen LogP contribution in [-0.4, -0.2) is 55.6 Å².